The van der Waals surface area contributed by atoms with Gasteiger partial charge in [-0.3, -0.25) is 0 Å². The van der Waals surface area contributed by atoms with Crippen LogP contribution >= 0.6 is 0 Å². The van der Waals surface area contributed by atoms with Crippen LogP contribution in [0.15, 0.2) is 35.0 Å². The minimum atomic E-state index is 0.554. The van der Waals surface area contributed by atoms with Crippen molar-refractivity contribution >= 4 is 10.9 Å². The van der Waals surface area contributed by atoms with Crippen molar-refractivity contribution < 1.29 is 9.26 Å². The molecule has 0 bridgehead atoms. The number of fused-ring (bicyclic) bond motifs is 1. The second-order valence-electron chi connectivity index (χ2n) is 6.39. The maximum absolute atomic E-state index is 5.47. The van der Waals surface area contributed by atoms with E-state index in [2.05, 4.69) is 40.8 Å². The lowest BCUT2D eigenvalue weighted by Crippen LogP contribution is -1.97. The van der Waals surface area contributed by atoms with Crippen molar-refractivity contribution in [2.24, 2.45) is 7.05 Å². The third-order valence-electron chi connectivity index (χ3n) is 4.79. The third kappa shape index (κ3) is 2.37. The number of aromatic nitrogens is 4. The summed E-state index contributed by atoms with van der Waals surface area (Å²) < 4.78 is 13.0. The van der Waals surface area contributed by atoms with Crippen LogP contribution < -0.4 is 4.74 Å². The van der Waals surface area contributed by atoms with Crippen molar-refractivity contribution in [2.45, 2.75) is 20.8 Å². The van der Waals surface area contributed by atoms with Gasteiger partial charge in [0.05, 0.1) is 40.8 Å². The molecule has 0 atom stereocenters. The molecule has 0 N–H and O–H groups in total. The zero-order chi connectivity index (χ0) is 18.4. The number of pyridine rings is 2. The monoisotopic (exact) mass is 348 g/mol. The Morgan fingerprint density at radius 2 is 1.96 bits per heavy atom. The molecule has 0 aromatic carbocycles. The first kappa shape index (κ1) is 16.3. The van der Waals surface area contributed by atoms with Crippen LogP contribution in [0.2, 0.25) is 0 Å². The predicted molar refractivity (Wildman–Crippen MR) is 100 cm³/mol. The molecule has 26 heavy (non-hydrogen) atoms. The molecule has 4 rings (SSSR count). The summed E-state index contributed by atoms with van der Waals surface area (Å²) in [6.07, 6.45) is 1.72. The summed E-state index contributed by atoms with van der Waals surface area (Å²) in [5, 5.41) is 5.14. The zero-order valence-electron chi connectivity index (χ0n) is 15.5. The van der Waals surface area contributed by atoms with Crippen molar-refractivity contribution in [1.82, 2.24) is 19.7 Å². The minimum Gasteiger partial charge on any atom is -0.481 e. The molecule has 6 heteroatoms. The summed E-state index contributed by atoms with van der Waals surface area (Å²) in [4.78, 5) is 9.30. The number of methoxy groups -OCH3 is 1. The van der Waals surface area contributed by atoms with Gasteiger partial charge in [0.1, 0.15) is 5.76 Å². The van der Waals surface area contributed by atoms with E-state index in [1.54, 1.807) is 13.3 Å². The van der Waals surface area contributed by atoms with Gasteiger partial charge in [-0.2, -0.15) is 0 Å². The van der Waals surface area contributed by atoms with Gasteiger partial charge in [0.2, 0.25) is 5.88 Å². The molecule has 6 nitrogen and oxygen atoms in total. The molecule has 0 saturated heterocycles. The van der Waals surface area contributed by atoms with Crippen molar-refractivity contribution in [3.05, 3.63) is 47.6 Å². The molecule has 0 aliphatic carbocycles. The van der Waals surface area contributed by atoms with Gasteiger partial charge in [0.15, 0.2) is 0 Å². The number of rotatable bonds is 3. The van der Waals surface area contributed by atoms with Gasteiger partial charge in [0, 0.05) is 24.3 Å². The van der Waals surface area contributed by atoms with E-state index in [4.69, 9.17) is 14.2 Å². The van der Waals surface area contributed by atoms with Gasteiger partial charge in [0.25, 0.3) is 0 Å². The average molecular weight is 348 g/mol. The Morgan fingerprint density at radius 3 is 2.65 bits per heavy atom. The lowest BCUT2D eigenvalue weighted by atomic mass is 10.0. The van der Waals surface area contributed by atoms with Crippen LogP contribution in [0.5, 0.6) is 5.88 Å². The summed E-state index contributed by atoms with van der Waals surface area (Å²) in [7, 11) is 3.68. The topological polar surface area (TPSA) is 66.0 Å². The highest BCUT2D eigenvalue weighted by Gasteiger charge is 2.20. The highest BCUT2D eigenvalue weighted by atomic mass is 16.5. The van der Waals surface area contributed by atoms with E-state index >= 15 is 0 Å². The van der Waals surface area contributed by atoms with Crippen LogP contribution in [0.4, 0.5) is 0 Å². The minimum absolute atomic E-state index is 0.554. The normalized spacial score (nSPS) is 11.3. The second kappa shape index (κ2) is 5.98. The smallest absolute Gasteiger partial charge is 0.222 e. The standard InChI is InChI=1S/C20H20N4O2/c1-11-9-15-17(24(11)4)10-16(18-12(2)23-26-13(18)3)22-19(15)14-7-6-8-21-20(14)25-5/h6-10H,1-5H3. The van der Waals surface area contributed by atoms with E-state index in [0.29, 0.717) is 5.88 Å². The summed E-state index contributed by atoms with van der Waals surface area (Å²) in [5.41, 5.74) is 6.52. The van der Waals surface area contributed by atoms with E-state index < -0.39 is 0 Å². The number of nitrogens with zero attached hydrogens (tertiary/aromatic N) is 4. The van der Waals surface area contributed by atoms with E-state index in [1.165, 1.54) is 0 Å². The van der Waals surface area contributed by atoms with Crippen molar-refractivity contribution in [1.29, 1.82) is 0 Å². The van der Waals surface area contributed by atoms with Crippen LogP contribution in [0.1, 0.15) is 17.1 Å². The fourth-order valence-electron chi connectivity index (χ4n) is 3.37. The van der Waals surface area contributed by atoms with E-state index in [-0.39, 0.29) is 0 Å². The van der Waals surface area contributed by atoms with Gasteiger partial charge in [-0.15, -0.1) is 0 Å². The Morgan fingerprint density at radius 1 is 1.15 bits per heavy atom. The maximum atomic E-state index is 5.47. The van der Waals surface area contributed by atoms with Crippen LogP contribution in [0, 0.1) is 20.8 Å². The largest absolute Gasteiger partial charge is 0.481 e. The lowest BCUT2D eigenvalue weighted by molar-refractivity contribution is 0.393. The molecule has 0 aliphatic rings. The van der Waals surface area contributed by atoms with E-state index in [1.807, 2.05) is 26.0 Å². The quantitative estimate of drug-likeness (QED) is 0.554. The Hall–Kier alpha value is -3.15. The Balaban J connectivity index is 2.10. The predicted octanol–water partition coefficient (Wildman–Crippen LogP) is 4.22. The summed E-state index contributed by atoms with van der Waals surface area (Å²) in [5.74, 6) is 1.31. The fourth-order valence-corrected chi connectivity index (χ4v) is 3.37. The average Bonchev–Trinajstić information content (AvgIpc) is 3.13. The first-order valence-corrected chi connectivity index (χ1v) is 8.41. The molecule has 0 saturated carbocycles. The third-order valence-corrected chi connectivity index (χ3v) is 4.79. The van der Waals surface area contributed by atoms with Crippen molar-refractivity contribution in [2.75, 3.05) is 7.11 Å². The van der Waals surface area contributed by atoms with Gasteiger partial charge in [-0.1, -0.05) is 5.16 Å². The lowest BCUT2D eigenvalue weighted by Gasteiger charge is -2.11. The molecule has 0 fully saturated rings. The second-order valence-corrected chi connectivity index (χ2v) is 6.39. The van der Waals surface area contributed by atoms with Gasteiger partial charge >= 0.3 is 0 Å². The van der Waals surface area contributed by atoms with Crippen LogP contribution in [-0.4, -0.2) is 26.8 Å². The zero-order valence-corrected chi connectivity index (χ0v) is 15.5. The Bertz CT molecular complexity index is 1100. The molecule has 0 amide bonds. The first-order valence-electron chi connectivity index (χ1n) is 8.41. The molecule has 4 heterocycles. The van der Waals surface area contributed by atoms with E-state index in [0.717, 1.165) is 50.6 Å². The maximum Gasteiger partial charge on any atom is 0.222 e. The molecular weight excluding hydrogens is 328 g/mol. The van der Waals surface area contributed by atoms with Crippen LogP contribution in [0.25, 0.3) is 33.4 Å². The number of aryl methyl sites for hydroxylation is 4. The van der Waals surface area contributed by atoms with Crippen molar-refractivity contribution in [3.63, 3.8) is 0 Å². The fraction of sp³-hybridized carbons (Fsp3) is 0.250. The summed E-state index contributed by atoms with van der Waals surface area (Å²) in [6.45, 7) is 5.92. The molecule has 132 valence electrons. The molecule has 0 radical (unpaired) electrons. The van der Waals surface area contributed by atoms with Gasteiger partial charge < -0.3 is 13.8 Å². The molecule has 0 aliphatic heterocycles. The highest BCUT2D eigenvalue weighted by Crippen LogP contribution is 2.37. The number of hydrogen-bond donors (Lipinski definition) is 0. The summed E-state index contributed by atoms with van der Waals surface area (Å²) in [6, 6.07) is 8.10. The molecule has 4 aromatic heterocycles. The first-order chi connectivity index (χ1) is 12.5. The molecular formula is C20H20N4O2. The van der Waals surface area contributed by atoms with Crippen LogP contribution in [0.3, 0.4) is 0 Å². The molecule has 0 spiro atoms. The Kier molecular flexibility index (Phi) is 3.76. The van der Waals surface area contributed by atoms with E-state index in [9.17, 15) is 0 Å². The van der Waals surface area contributed by atoms with Crippen LogP contribution in [-0.2, 0) is 7.05 Å². The van der Waals surface area contributed by atoms with Crippen molar-refractivity contribution in [3.8, 4) is 28.4 Å². The number of ether oxygens (including phenoxy) is 1. The number of hydrogen-bond acceptors (Lipinski definition) is 5. The molecule has 0 unspecified atom stereocenters. The van der Waals surface area contributed by atoms with Gasteiger partial charge in [-0.05, 0) is 45.0 Å². The molecule has 4 aromatic rings. The Labute approximate surface area is 151 Å². The highest BCUT2D eigenvalue weighted by molar-refractivity contribution is 5.97. The van der Waals surface area contributed by atoms with Gasteiger partial charge in [-0.25, -0.2) is 9.97 Å². The summed E-state index contributed by atoms with van der Waals surface area (Å²) >= 11 is 0. The SMILES string of the molecule is COc1ncccc1-c1nc(-c2c(C)noc2C)cc2c1cc(C)n2C.